The number of benzene rings is 1. The van der Waals surface area contributed by atoms with Crippen LogP contribution < -0.4 is 10.2 Å². The summed E-state index contributed by atoms with van der Waals surface area (Å²) in [5.41, 5.74) is 3.12. The Morgan fingerprint density at radius 2 is 1.91 bits per heavy atom. The Balaban J connectivity index is 1.45. The summed E-state index contributed by atoms with van der Waals surface area (Å²) in [6.45, 7) is 0.807. The molecule has 5 aromatic rings. The van der Waals surface area contributed by atoms with E-state index in [-0.39, 0.29) is 18.9 Å². The summed E-state index contributed by atoms with van der Waals surface area (Å²) < 4.78 is 42.9. The molecule has 6 rings (SSSR count). The Bertz CT molecular complexity index is 1590. The minimum absolute atomic E-state index is 0.134. The zero-order valence-electron chi connectivity index (χ0n) is 18.3. The largest absolute Gasteiger partial charge is 0.453 e. The van der Waals surface area contributed by atoms with Gasteiger partial charge in [-0.15, -0.1) is 5.10 Å². The van der Waals surface area contributed by atoms with Gasteiger partial charge in [-0.2, -0.15) is 22.8 Å². The second-order valence-corrected chi connectivity index (χ2v) is 8.85. The second kappa shape index (κ2) is 7.90. The van der Waals surface area contributed by atoms with Gasteiger partial charge in [-0.1, -0.05) is 18.2 Å². The van der Waals surface area contributed by atoms with Crippen LogP contribution in [0, 0.1) is 0 Å². The molecule has 0 bridgehead atoms. The maximum atomic E-state index is 13.1. The monoisotopic (exact) mass is 543 g/mol. The highest BCUT2D eigenvalue weighted by molar-refractivity contribution is 9.10. The van der Waals surface area contributed by atoms with E-state index >= 15 is 0 Å². The molecule has 0 saturated carbocycles. The first-order valence-corrected chi connectivity index (χ1v) is 11.5. The Morgan fingerprint density at radius 1 is 1.09 bits per heavy atom. The van der Waals surface area contributed by atoms with Crippen LogP contribution in [0.5, 0.6) is 0 Å². The van der Waals surface area contributed by atoms with Crippen LogP contribution in [0.25, 0.3) is 27.7 Å². The molecule has 1 N–H and O–H groups in total. The molecule has 0 fully saturated rings. The van der Waals surface area contributed by atoms with E-state index in [1.54, 1.807) is 24.0 Å². The topological polar surface area (TPSA) is 89.1 Å². The van der Waals surface area contributed by atoms with E-state index in [1.165, 1.54) is 4.68 Å². The summed E-state index contributed by atoms with van der Waals surface area (Å²) in [5, 5.41) is 12.3. The average molecular weight is 544 g/mol. The lowest BCUT2D eigenvalue weighted by Crippen LogP contribution is -2.35. The number of rotatable bonds is 3. The Hall–Kier alpha value is -3.74. The van der Waals surface area contributed by atoms with Gasteiger partial charge in [0, 0.05) is 36.3 Å². The van der Waals surface area contributed by atoms with Crippen LogP contribution in [0.4, 0.5) is 24.8 Å². The molecule has 0 aliphatic carbocycles. The summed E-state index contributed by atoms with van der Waals surface area (Å²) in [6, 6.07) is 9.86. The van der Waals surface area contributed by atoms with Gasteiger partial charge in [0.1, 0.15) is 21.9 Å². The van der Waals surface area contributed by atoms with Crippen molar-refractivity contribution in [2.24, 2.45) is 0 Å². The van der Waals surface area contributed by atoms with Gasteiger partial charge in [0.2, 0.25) is 0 Å². The first kappa shape index (κ1) is 21.8. The van der Waals surface area contributed by atoms with Crippen molar-refractivity contribution in [2.45, 2.75) is 19.3 Å². The molecule has 0 atom stereocenters. The van der Waals surface area contributed by atoms with Gasteiger partial charge in [-0.05, 0) is 28.1 Å². The number of aromatic nitrogens is 7. The SMILES string of the molecule is CNc1c(Br)c(N2CCn3nc(C(F)(F)F)nc3C2)nc2c(-c3cnc4ccccc4c3)cnn12. The summed E-state index contributed by atoms with van der Waals surface area (Å²) in [4.78, 5) is 15.0. The van der Waals surface area contributed by atoms with E-state index in [0.717, 1.165) is 22.0 Å². The number of halogens is 4. The van der Waals surface area contributed by atoms with Crippen LogP contribution in [0.15, 0.2) is 47.2 Å². The molecular weight excluding hydrogens is 527 g/mol. The lowest BCUT2D eigenvalue weighted by atomic mass is 10.1. The van der Waals surface area contributed by atoms with Crippen LogP contribution >= 0.6 is 15.9 Å². The maximum absolute atomic E-state index is 13.1. The third kappa shape index (κ3) is 3.57. The summed E-state index contributed by atoms with van der Waals surface area (Å²) in [5.74, 6) is 0.332. The molecule has 9 nitrogen and oxygen atoms in total. The molecule has 4 aromatic heterocycles. The second-order valence-electron chi connectivity index (χ2n) is 8.05. The lowest BCUT2D eigenvalue weighted by molar-refractivity contribution is -0.145. The molecule has 0 saturated heterocycles. The summed E-state index contributed by atoms with van der Waals surface area (Å²) in [7, 11) is 1.77. The average Bonchev–Trinajstić information content (AvgIpc) is 3.47. The van der Waals surface area contributed by atoms with Crippen LogP contribution in [0.3, 0.4) is 0 Å². The van der Waals surface area contributed by atoms with E-state index in [9.17, 15) is 13.2 Å². The minimum atomic E-state index is -4.59. The molecule has 13 heteroatoms. The Kier molecular flexibility index (Phi) is 4.91. The molecule has 1 aromatic carbocycles. The number of nitrogens with zero attached hydrogens (tertiary/aromatic N) is 8. The van der Waals surface area contributed by atoms with Gasteiger partial charge < -0.3 is 10.2 Å². The number of alkyl halides is 3. The highest BCUT2D eigenvalue weighted by Crippen LogP contribution is 2.37. The predicted octanol–water partition coefficient (Wildman–Crippen LogP) is 4.38. The van der Waals surface area contributed by atoms with Crippen molar-refractivity contribution in [1.82, 2.24) is 34.3 Å². The van der Waals surface area contributed by atoms with E-state index in [0.29, 0.717) is 28.3 Å². The summed E-state index contributed by atoms with van der Waals surface area (Å²) in [6.07, 6.45) is -1.08. The van der Waals surface area contributed by atoms with Gasteiger partial charge in [0.25, 0.3) is 5.82 Å². The molecule has 0 amide bonds. The number of nitrogens with one attached hydrogen (secondary N) is 1. The molecule has 0 radical (unpaired) electrons. The van der Waals surface area contributed by atoms with Crippen molar-refractivity contribution in [3.63, 3.8) is 0 Å². The molecule has 0 unspecified atom stereocenters. The van der Waals surface area contributed by atoms with E-state index in [4.69, 9.17) is 4.98 Å². The van der Waals surface area contributed by atoms with Gasteiger partial charge >= 0.3 is 6.18 Å². The van der Waals surface area contributed by atoms with Gasteiger partial charge in [-0.25, -0.2) is 14.6 Å². The molecular formula is C22H17BrF3N9. The Labute approximate surface area is 204 Å². The number of fused-ring (bicyclic) bond motifs is 3. The van der Waals surface area contributed by atoms with E-state index in [1.807, 2.05) is 35.2 Å². The maximum Gasteiger partial charge on any atom is 0.453 e. The Morgan fingerprint density at radius 3 is 2.71 bits per heavy atom. The van der Waals surface area contributed by atoms with Crippen molar-refractivity contribution >= 4 is 44.1 Å². The van der Waals surface area contributed by atoms with Gasteiger partial charge in [-0.3, -0.25) is 4.98 Å². The standard InChI is InChI=1S/C22H17BrF3N9/c1-27-19-17(23)20(33-6-7-34-16(11-33)30-21(32-34)22(24,25)26)31-18-14(10-29-35(18)19)13-8-12-4-2-3-5-15(12)28-9-13/h2-5,8-10,27H,6-7,11H2,1H3. The van der Waals surface area contributed by atoms with Crippen molar-refractivity contribution in [1.29, 1.82) is 0 Å². The van der Waals surface area contributed by atoms with Gasteiger partial charge in [0.05, 0.1) is 24.8 Å². The molecule has 178 valence electrons. The van der Waals surface area contributed by atoms with Crippen molar-refractivity contribution in [3.05, 3.63) is 58.8 Å². The minimum Gasteiger partial charge on any atom is -0.372 e. The van der Waals surface area contributed by atoms with Crippen LogP contribution in [-0.4, -0.2) is 47.9 Å². The molecule has 1 aliphatic heterocycles. The van der Waals surface area contributed by atoms with Gasteiger partial charge in [0.15, 0.2) is 5.65 Å². The van der Waals surface area contributed by atoms with Crippen LogP contribution in [-0.2, 0) is 19.3 Å². The highest BCUT2D eigenvalue weighted by Gasteiger charge is 2.38. The third-order valence-electron chi connectivity index (χ3n) is 5.93. The van der Waals surface area contributed by atoms with E-state index in [2.05, 4.69) is 41.4 Å². The fraction of sp³-hybridized carbons (Fsp3) is 0.227. The third-order valence-corrected chi connectivity index (χ3v) is 6.66. The van der Waals surface area contributed by atoms with Crippen molar-refractivity contribution in [2.75, 3.05) is 23.8 Å². The highest BCUT2D eigenvalue weighted by atomic mass is 79.9. The van der Waals surface area contributed by atoms with Crippen molar-refractivity contribution < 1.29 is 13.2 Å². The lowest BCUT2D eigenvalue weighted by Gasteiger charge is -2.29. The number of para-hydroxylation sites is 1. The van der Waals surface area contributed by atoms with Crippen LogP contribution in [0.1, 0.15) is 11.6 Å². The summed E-state index contributed by atoms with van der Waals surface area (Å²) >= 11 is 3.61. The zero-order chi connectivity index (χ0) is 24.3. The fourth-order valence-corrected chi connectivity index (χ4v) is 4.95. The molecule has 1 aliphatic rings. The normalized spacial score (nSPS) is 14.0. The predicted molar refractivity (Wildman–Crippen MR) is 127 cm³/mol. The smallest absolute Gasteiger partial charge is 0.372 e. The number of hydrogen-bond donors (Lipinski definition) is 1. The van der Waals surface area contributed by atoms with E-state index < -0.39 is 12.0 Å². The number of anilines is 2. The number of hydrogen-bond acceptors (Lipinski definition) is 7. The van der Waals surface area contributed by atoms with Crippen LogP contribution in [0.2, 0.25) is 0 Å². The molecule has 5 heterocycles. The zero-order valence-corrected chi connectivity index (χ0v) is 19.8. The fourth-order valence-electron chi connectivity index (χ4n) is 4.25. The first-order valence-electron chi connectivity index (χ1n) is 10.7. The quantitative estimate of drug-likeness (QED) is 0.361. The molecule has 35 heavy (non-hydrogen) atoms. The first-order chi connectivity index (χ1) is 16.8. The number of pyridine rings is 1. The van der Waals surface area contributed by atoms with Crippen molar-refractivity contribution in [3.8, 4) is 11.1 Å². The molecule has 0 spiro atoms.